The molecule has 0 saturated carbocycles. The predicted molar refractivity (Wildman–Crippen MR) is 94.0 cm³/mol. The molecule has 2 aromatic rings. The van der Waals surface area contributed by atoms with E-state index in [1.54, 1.807) is 18.2 Å². The number of anilines is 2. The maximum absolute atomic E-state index is 12.2. The van der Waals surface area contributed by atoms with Crippen LogP contribution in [0.5, 0.6) is 0 Å². The second kappa shape index (κ2) is 7.20. The zero-order chi connectivity index (χ0) is 15.4. The van der Waals surface area contributed by atoms with Gasteiger partial charge in [-0.15, -0.1) is 11.8 Å². The number of rotatable bonds is 4. The number of nitrogens with two attached hydrogens (primary N) is 1. The van der Waals surface area contributed by atoms with Crippen LogP contribution in [-0.2, 0) is 4.79 Å². The molecule has 1 atom stereocenters. The highest BCUT2D eigenvalue weighted by Crippen LogP contribution is 2.28. The molecule has 0 heterocycles. The minimum atomic E-state index is -0.236. The third kappa shape index (κ3) is 4.66. The van der Waals surface area contributed by atoms with Crippen LogP contribution in [0.4, 0.5) is 11.4 Å². The molecule has 6 heteroatoms. The van der Waals surface area contributed by atoms with E-state index < -0.39 is 0 Å². The molecular weight excluding hydrogens is 372 g/mol. The normalized spacial score (nSPS) is 12.0. The molecule has 2 aromatic carbocycles. The van der Waals surface area contributed by atoms with Gasteiger partial charge in [0.2, 0.25) is 5.91 Å². The first-order chi connectivity index (χ1) is 9.95. The van der Waals surface area contributed by atoms with Gasteiger partial charge in [0.25, 0.3) is 0 Å². The number of amides is 1. The molecule has 21 heavy (non-hydrogen) atoms. The molecule has 0 spiro atoms. The third-order valence-corrected chi connectivity index (χ3v) is 4.70. The number of halogens is 2. The van der Waals surface area contributed by atoms with E-state index in [0.717, 1.165) is 9.37 Å². The Morgan fingerprint density at radius 2 is 1.95 bits per heavy atom. The molecular formula is C15H14BrClN2OS. The van der Waals surface area contributed by atoms with Crippen molar-refractivity contribution in [2.75, 3.05) is 11.1 Å². The van der Waals surface area contributed by atoms with Gasteiger partial charge in [-0.3, -0.25) is 4.79 Å². The lowest BCUT2D eigenvalue weighted by Gasteiger charge is -2.13. The van der Waals surface area contributed by atoms with Crippen LogP contribution in [0.3, 0.4) is 0 Å². The van der Waals surface area contributed by atoms with Crippen molar-refractivity contribution in [3.63, 3.8) is 0 Å². The van der Waals surface area contributed by atoms with E-state index in [0.29, 0.717) is 16.4 Å². The molecule has 1 amide bonds. The lowest BCUT2D eigenvalue weighted by molar-refractivity contribution is -0.115. The molecule has 110 valence electrons. The molecule has 0 aromatic heterocycles. The highest BCUT2D eigenvalue weighted by molar-refractivity contribution is 9.10. The van der Waals surface area contributed by atoms with Crippen molar-refractivity contribution < 1.29 is 4.79 Å². The van der Waals surface area contributed by atoms with Crippen LogP contribution in [0.1, 0.15) is 6.92 Å². The first-order valence-electron chi connectivity index (χ1n) is 6.24. The summed E-state index contributed by atoms with van der Waals surface area (Å²) in [6.45, 7) is 1.85. The summed E-state index contributed by atoms with van der Waals surface area (Å²) in [5.41, 5.74) is 6.76. The molecule has 0 saturated heterocycles. The Kier molecular flexibility index (Phi) is 5.56. The number of hydrogen-bond acceptors (Lipinski definition) is 3. The average molecular weight is 386 g/mol. The number of benzene rings is 2. The molecule has 0 aliphatic carbocycles. The Bertz CT molecular complexity index is 649. The Labute approximate surface area is 141 Å². The Hall–Kier alpha value is -1.17. The summed E-state index contributed by atoms with van der Waals surface area (Å²) in [6.07, 6.45) is 0. The fourth-order valence-electron chi connectivity index (χ4n) is 1.64. The molecule has 3 nitrogen and oxygen atoms in total. The van der Waals surface area contributed by atoms with Gasteiger partial charge in [-0.1, -0.05) is 27.5 Å². The molecule has 3 N–H and O–H groups in total. The lowest BCUT2D eigenvalue weighted by Crippen LogP contribution is -2.22. The maximum Gasteiger partial charge on any atom is 0.237 e. The van der Waals surface area contributed by atoms with Crippen molar-refractivity contribution in [1.29, 1.82) is 0 Å². The summed E-state index contributed by atoms with van der Waals surface area (Å²) < 4.78 is 1.01. The molecule has 0 aliphatic heterocycles. The second-order valence-corrected chi connectivity index (χ2v) is 7.18. The molecule has 0 bridgehead atoms. The van der Waals surface area contributed by atoms with Gasteiger partial charge in [-0.05, 0) is 49.4 Å². The monoisotopic (exact) mass is 384 g/mol. The molecule has 0 radical (unpaired) electrons. The van der Waals surface area contributed by atoms with E-state index in [1.807, 2.05) is 31.2 Å². The van der Waals surface area contributed by atoms with Gasteiger partial charge < -0.3 is 11.1 Å². The summed E-state index contributed by atoms with van der Waals surface area (Å²) in [5, 5.41) is 3.01. The average Bonchev–Trinajstić information content (AvgIpc) is 2.44. The van der Waals surface area contributed by atoms with Gasteiger partial charge in [-0.2, -0.15) is 0 Å². The van der Waals surface area contributed by atoms with Crippen LogP contribution in [-0.4, -0.2) is 11.2 Å². The number of nitrogen functional groups attached to an aromatic ring is 1. The smallest absolute Gasteiger partial charge is 0.237 e. The van der Waals surface area contributed by atoms with Crippen molar-refractivity contribution in [3.8, 4) is 0 Å². The van der Waals surface area contributed by atoms with Gasteiger partial charge >= 0.3 is 0 Å². The molecule has 0 aliphatic rings. The first kappa shape index (κ1) is 16.2. The van der Waals surface area contributed by atoms with Crippen molar-refractivity contribution >= 4 is 56.6 Å². The van der Waals surface area contributed by atoms with E-state index in [4.69, 9.17) is 17.3 Å². The molecule has 0 fully saturated rings. The van der Waals surface area contributed by atoms with Crippen LogP contribution in [0, 0.1) is 0 Å². The maximum atomic E-state index is 12.2. The standard InChI is InChI=1S/C15H14BrClN2OS/c1-9(21-12-5-2-10(16)3-6-12)15(20)19-14-7-4-11(18)8-13(14)17/h2-9H,18H2,1H3,(H,19,20). The van der Waals surface area contributed by atoms with E-state index in [9.17, 15) is 4.79 Å². The fourth-order valence-corrected chi connectivity index (χ4v) is 3.01. The predicted octanol–water partition coefficient (Wildman–Crippen LogP) is 4.80. The highest BCUT2D eigenvalue weighted by Gasteiger charge is 2.15. The van der Waals surface area contributed by atoms with Crippen molar-refractivity contribution in [3.05, 3.63) is 52.0 Å². The van der Waals surface area contributed by atoms with E-state index in [-0.39, 0.29) is 11.2 Å². The third-order valence-electron chi connectivity index (χ3n) is 2.75. The van der Waals surface area contributed by atoms with Crippen LogP contribution < -0.4 is 11.1 Å². The van der Waals surface area contributed by atoms with E-state index in [1.165, 1.54) is 11.8 Å². The topological polar surface area (TPSA) is 55.1 Å². The number of thioether (sulfide) groups is 1. The Morgan fingerprint density at radius 1 is 1.29 bits per heavy atom. The number of carbonyl (C=O) groups excluding carboxylic acids is 1. The highest BCUT2D eigenvalue weighted by atomic mass is 79.9. The number of nitrogens with one attached hydrogen (secondary N) is 1. The summed E-state index contributed by atoms with van der Waals surface area (Å²) in [4.78, 5) is 13.2. The Balaban J connectivity index is 2.00. The van der Waals surface area contributed by atoms with Gasteiger partial charge in [0.15, 0.2) is 0 Å². The van der Waals surface area contributed by atoms with Gasteiger partial charge in [-0.25, -0.2) is 0 Å². The Morgan fingerprint density at radius 3 is 2.57 bits per heavy atom. The minimum Gasteiger partial charge on any atom is -0.399 e. The quantitative estimate of drug-likeness (QED) is 0.587. The van der Waals surface area contributed by atoms with Crippen LogP contribution in [0.2, 0.25) is 5.02 Å². The van der Waals surface area contributed by atoms with Gasteiger partial charge in [0.05, 0.1) is 16.0 Å². The SMILES string of the molecule is CC(Sc1ccc(Br)cc1)C(=O)Nc1ccc(N)cc1Cl. The van der Waals surface area contributed by atoms with Crippen LogP contribution in [0.15, 0.2) is 51.8 Å². The van der Waals surface area contributed by atoms with Crippen LogP contribution >= 0.6 is 39.3 Å². The minimum absolute atomic E-state index is 0.102. The van der Waals surface area contributed by atoms with Crippen molar-refractivity contribution in [2.24, 2.45) is 0 Å². The van der Waals surface area contributed by atoms with Gasteiger partial charge in [0.1, 0.15) is 0 Å². The first-order valence-corrected chi connectivity index (χ1v) is 8.29. The van der Waals surface area contributed by atoms with Gasteiger partial charge in [0, 0.05) is 15.1 Å². The summed E-state index contributed by atoms with van der Waals surface area (Å²) in [5.74, 6) is -0.102. The lowest BCUT2D eigenvalue weighted by atomic mass is 10.2. The summed E-state index contributed by atoms with van der Waals surface area (Å²) in [6, 6.07) is 12.8. The second-order valence-electron chi connectivity index (χ2n) is 4.44. The summed E-state index contributed by atoms with van der Waals surface area (Å²) >= 11 is 10.9. The summed E-state index contributed by atoms with van der Waals surface area (Å²) in [7, 11) is 0. The zero-order valence-electron chi connectivity index (χ0n) is 11.3. The zero-order valence-corrected chi connectivity index (χ0v) is 14.4. The van der Waals surface area contributed by atoms with E-state index in [2.05, 4.69) is 21.2 Å². The largest absolute Gasteiger partial charge is 0.399 e. The number of hydrogen-bond donors (Lipinski definition) is 2. The van der Waals surface area contributed by atoms with Crippen LogP contribution in [0.25, 0.3) is 0 Å². The molecule has 2 rings (SSSR count). The van der Waals surface area contributed by atoms with E-state index >= 15 is 0 Å². The van der Waals surface area contributed by atoms with Crippen molar-refractivity contribution in [1.82, 2.24) is 0 Å². The molecule has 1 unspecified atom stereocenters. The van der Waals surface area contributed by atoms with Crippen molar-refractivity contribution in [2.45, 2.75) is 17.1 Å². The fraction of sp³-hybridized carbons (Fsp3) is 0.133. The number of carbonyl (C=O) groups is 1.